The van der Waals surface area contributed by atoms with Crippen LogP contribution in [0.1, 0.15) is 11.1 Å². The quantitative estimate of drug-likeness (QED) is 0.658. The summed E-state index contributed by atoms with van der Waals surface area (Å²) in [5, 5.41) is 13.1. The number of aliphatic carboxylic acids is 1. The van der Waals surface area contributed by atoms with Crippen LogP contribution in [-0.2, 0) is 22.4 Å². The van der Waals surface area contributed by atoms with Crippen molar-refractivity contribution in [3.05, 3.63) is 65.9 Å². The van der Waals surface area contributed by atoms with Gasteiger partial charge in [0, 0.05) is 29.9 Å². The van der Waals surface area contributed by atoms with E-state index in [-0.39, 0.29) is 6.42 Å². The number of hydrogen-bond donors (Lipinski definition) is 3. The normalized spacial score (nSPS) is 16.7. The van der Waals surface area contributed by atoms with Crippen LogP contribution in [0.3, 0.4) is 0 Å². The van der Waals surface area contributed by atoms with E-state index in [1.54, 1.807) is 6.20 Å². The number of ether oxygens (including phenoxy) is 1. The largest absolute Gasteiger partial charge is 0.480 e. The van der Waals surface area contributed by atoms with Gasteiger partial charge < -0.3 is 20.1 Å². The van der Waals surface area contributed by atoms with Crippen molar-refractivity contribution in [1.29, 1.82) is 0 Å². The molecular weight excluding hydrogens is 332 g/mol. The Hall–Kier alpha value is -3.28. The van der Waals surface area contributed by atoms with Crippen molar-refractivity contribution in [2.24, 2.45) is 0 Å². The number of fused-ring (bicyclic) bond motifs is 2. The Morgan fingerprint density at radius 1 is 1.19 bits per heavy atom. The molecule has 3 N–H and O–H groups in total. The van der Waals surface area contributed by atoms with Gasteiger partial charge in [0.2, 0.25) is 0 Å². The molecule has 3 aromatic rings. The number of hydrogen-bond acceptors (Lipinski definition) is 3. The van der Waals surface area contributed by atoms with Crippen LogP contribution in [0, 0.1) is 0 Å². The Morgan fingerprint density at radius 2 is 1.96 bits per heavy atom. The fraction of sp³-hybridized carbons (Fsp3) is 0.200. The predicted octanol–water partition coefficient (Wildman–Crippen LogP) is 2.28. The average Bonchev–Trinajstić information content (AvgIpc) is 3.25. The number of nitrogens with one attached hydrogen (secondary N) is 2. The Balaban J connectivity index is 1.48. The van der Waals surface area contributed by atoms with Crippen LogP contribution in [0.4, 0.5) is 0 Å². The van der Waals surface area contributed by atoms with Gasteiger partial charge in [-0.1, -0.05) is 36.4 Å². The number of amides is 1. The van der Waals surface area contributed by atoms with E-state index in [0.717, 1.165) is 22.0 Å². The second-order valence-corrected chi connectivity index (χ2v) is 6.38. The summed E-state index contributed by atoms with van der Waals surface area (Å²) in [5.74, 6) is -0.802. The molecule has 1 aliphatic rings. The lowest BCUT2D eigenvalue weighted by molar-refractivity contribution is -0.142. The van der Waals surface area contributed by atoms with Gasteiger partial charge in [-0.3, -0.25) is 4.79 Å². The highest BCUT2D eigenvalue weighted by atomic mass is 16.5. The van der Waals surface area contributed by atoms with Gasteiger partial charge in [-0.2, -0.15) is 0 Å². The van der Waals surface area contributed by atoms with Crippen LogP contribution in [0.15, 0.2) is 54.7 Å². The van der Waals surface area contributed by atoms with Gasteiger partial charge in [-0.15, -0.1) is 0 Å². The van der Waals surface area contributed by atoms with E-state index in [9.17, 15) is 14.7 Å². The first-order valence-electron chi connectivity index (χ1n) is 8.44. The molecule has 2 atom stereocenters. The van der Waals surface area contributed by atoms with Crippen LogP contribution >= 0.6 is 0 Å². The van der Waals surface area contributed by atoms with Gasteiger partial charge in [0.1, 0.15) is 11.8 Å². The summed E-state index contributed by atoms with van der Waals surface area (Å²) in [6, 6.07) is 14.1. The third kappa shape index (κ3) is 3.01. The SMILES string of the molecule is O=C(O)[C@@H](Cc1c[nH]c2ccccc12)NC(=O)[C@H]1Cc2ccccc2O1. The highest BCUT2D eigenvalue weighted by molar-refractivity contribution is 5.89. The Labute approximate surface area is 149 Å². The number of aromatic amines is 1. The van der Waals surface area contributed by atoms with E-state index in [2.05, 4.69) is 10.3 Å². The van der Waals surface area contributed by atoms with E-state index in [4.69, 9.17) is 4.74 Å². The molecule has 0 fully saturated rings. The first-order chi connectivity index (χ1) is 12.6. The smallest absolute Gasteiger partial charge is 0.326 e. The first-order valence-corrected chi connectivity index (χ1v) is 8.44. The Kier molecular flexibility index (Phi) is 4.08. The number of carbonyl (C=O) groups excluding carboxylic acids is 1. The minimum atomic E-state index is -1.07. The minimum Gasteiger partial charge on any atom is -0.480 e. The summed E-state index contributed by atoms with van der Waals surface area (Å²) >= 11 is 0. The molecule has 26 heavy (non-hydrogen) atoms. The molecule has 0 bridgehead atoms. The zero-order valence-corrected chi connectivity index (χ0v) is 13.9. The number of carboxylic acids is 1. The summed E-state index contributed by atoms with van der Waals surface area (Å²) < 4.78 is 5.64. The molecular formula is C20H18N2O4. The zero-order valence-electron chi connectivity index (χ0n) is 13.9. The first kappa shape index (κ1) is 16.2. The van der Waals surface area contributed by atoms with E-state index in [1.807, 2.05) is 48.5 Å². The van der Waals surface area contributed by atoms with Gasteiger partial charge in [-0.05, 0) is 23.3 Å². The van der Waals surface area contributed by atoms with E-state index in [0.29, 0.717) is 12.2 Å². The Bertz CT molecular complexity index is 954. The van der Waals surface area contributed by atoms with Gasteiger partial charge in [-0.25, -0.2) is 4.79 Å². The van der Waals surface area contributed by atoms with Crippen molar-refractivity contribution < 1.29 is 19.4 Å². The number of benzene rings is 2. The molecule has 1 amide bonds. The van der Waals surface area contributed by atoms with Crippen LogP contribution in [0.2, 0.25) is 0 Å². The zero-order chi connectivity index (χ0) is 18.1. The maximum atomic E-state index is 12.5. The summed E-state index contributed by atoms with van der Waals surface area (Å²) in [6.45, 7) is 0. The second-order valence-electron chi connectivity index (χ2n) is 6.38. The summed E-state index contributed by atoms with van der Waals surface area (Å²) in [4.78, 5) is 27.3. The fourth-order valence-corrected chi connectivity index (χ4v) is 3.31. The molecule has 132 valence electrons. The minimum absolute atomic E-state index is 0.199. The van der Waals surface area contributed by atoms with Crippen molar-refractivity contribution in [3.8, 4) is 5.75 Å². The van der Waals surface area contributed by atoms with Crippen molar-refractivity contribution >= 4 is 22.8 Å². The van der Waals surface area contributed by atoms with Gasteiger partial charge in [0.25, 0.3) is 5.91 Å². The second kappa shape index (κ2) is 6.55. The van der Waals surface area contributed by atoms with Crippen LogP contribution in [0.5, 0.6) is 5.75 Å². The number of para-hydroxylation sites is 2. The molecule has 2 aromatic carbocycles. The third-order valence-corrected chi connectivity index (χ3v) is 4.65. The fourth-order valence-electron chi connectivity index (χ4n) is 3.31. The number of carboxylic acid groups (broad SMARTS) is 1. The summed E-state index contributed by atoms with van der Waals surface area (Å²) in [6.07, 6.45) is 1.73. The van der Waals surface area contributed by atoms with Crippen molar-refractivity contribution in [1.82, 2.24) is 10.3 Å². The van der Waals surface area contributed by atoms with Crippen LogP contribution in [-0.4, -0.2) is 34.1 Å². The molecule has 6 nitrogen and oxygen atoms in total. The monoisotopic (exact) mass is 350 g/mol. The van der Waals surface area contributed by atoms with Crippen LogP contribution in [0.25, 0.3) is 10.9 Å². The lowest BCUT2D eigenvalue weighted by atomic mass is 10.0. The molecule has 0 saturated heterocycles. The lowest BCUT2D eigenvalue weighted by Crippen LogP contribution is -2.47. The number of carbonyl (C=O) groups is 2. The molecule has 6 heteroatoms. The molecule has 0 radical (unpaired) electrons. The Morgan fingerprint density at radius 3 is 2.77 bits per heavy atom. The number of rotatable bonds is 5. The molecule has 0 spiro atoms. The molecule has 2 heterocycles. The van der Waals surface area contributed by atoms with Crippen molar-refractivity contribution in [2.75, 3.05) is 0 Å². The number of H-pyrrole nitrogens is 1. The highest BCUT2D eigenvalue weighted by Crippen LogP contribution is 2.28. The third-order valence-electron chi connectivity index (χ3n) is 4.65. The summed E-state index contributed by atoms with van der Waals surface area (Å²) in [5.41, 5.74) is 2.74. The van der Waals surface area contributed by atoms with Crippen molar-refractivity contribution in [2.45, 2.75) is 25.0 Å². The average molecular weight is 350 g/mol. The maximum absolute atomic E-state index is 12.5. The van der Waals surface area contributed by atoms with Gasteiger partial charge >= 0.3 is 5.97 Å². The van der Waals surface area contributed by atoms with Gasteiger partial charge in [0.15, 0.2) is 6.10 Å². The number of aromatic nitrogens is 1. The lowest BCUT2D eigenvalue weighted by Gasteiger charge is -2.17. The standard InChI is InChI=1S/C20H18N2O4/c23-19(18-10-12-5-1-4-8-17(12)26-18)22-16(20(24)25)9-13-11-21-15-7-3-2-6-14(13)15/h1-8,11,16,18,21H,9-10H2,(H,22,23)(H,24,25)/t16-,18-/m1/s1. The maximum Gasteiger partial charge on any atom is 0.326 e. The van der Waals surface area contributed by atoms with E-state index in [1.165, 1.54) is 0 Å². The molecule has 4 rings (SSSR count). The summed E-state index contributed by atoms with van der Waals surface area (Å²) in [7, 11) is 0. The molecule has 0 aliphatic carbocycles. The molecule has 0 saturated carbocycles. The van der Waals surface area contributed by atoms with E-state index >= 15 is 0 Å². The highest BCUT2D eigenvalue weighted by Gasteiger charge is 2.32. The predicted molar refractivity (Wildman–Crippen MR) is 96.1 cm³/mol. The van der Waals surface area contributed by atoms with Crippen LogP contribution < -0.4 is 10.1 Å². The van der Waals surface area contributed by atoms with E-state index < -0.39 is 24.0 Å². The topological polar surface area (TPSA) is 91.4 Å². The molecule has 1 aliphatic heterocycles. The van der Waals surface area contributed by atoms with Crippen molar-refractivity contribution in [3.63, 3.8) is 0 Å². The van der Waals surface area contributed by atoms with Gasteiger partial charge in [0.05, 0.1) is 0 Å². The molecule has 0 unspecified atom stereocenters. The molecule has 1 aromatic heterocycles.